The fourth-order valence-electron chi connectivity index (χ4n) is 3.01. The Morgan fingerprint density at radius 3 is 2.71 bits per heavy atom. The number of imidazole rings is 1. The summed E-state index contributed by atoms with van der Waals surface area (Å²) in [5, 5.41) is 4.52. The highest BCUT2D eigenvalue weighted by molar-refractivity contribution is 5.49. The van der Waals surface area contributed by atoms with Gasteiger partial charge >= 0.3 is 0 Å². The minimum atomic E-state index is 0.572. The van der Waals surface area contributed by atoms with Crippen LogP contribution < -0.4 is 10.5 Å². The number of ether oxygens (including phenoxy) is 2. The van der Waals surface area contributed by atoms with E-state index < -0.39 is 0 Å². The number of morpholine rings is 1. The topological polar surface area (TPSA) is 77.9 Å². The van der Waals surface area contributed by atoms with Crippen LogP contribution in [0, 0.1) is 11.8 Å². The van der Waals surface area contributed by atoms with Gasteiger partial charge in [-0.2, -0.15) is 0 Å². The van der Waals surface area contributed by atoms with Crippen molar-refractivity contribution in [3.05, 3.63) is 53.9 Å². The first-order valence-electron chi connectivity index (χ1n) is 9.43. The maximum Gasteiger partial charge on any atom is 0.231 e. The molecule has 2 aromatic heterocycles. The van der Waals surface area contributed by atoms with Gasteiger partial charge in [0.1, 0.15) is 5.69 Å². The average molecular weight is 377 g/mol. The number of hydrogen-bond acceptors (Lipinski definition) is 6. The van der Waals surface area contributed by atoms with Crippen LogP contribution in [0.15, 0.2) is 42.6 Å². The number of anilines is 1. The Morgan fingerprint density at radius 2 is 1.89 bits per heavy atom. The predicted molar refractivity (Wildman–Crippen MR) is 107 cm³/mol. The van der Waals surface area contributed by atoms with Crippen molar-refractivity contribution in [1.29, 1.82) is 0 Å². The van der Waals surface area contributed by atoms with Crippen molar-refractivity contribution >= 4 is 11.3 Å². The number of fused-ring (bicyclic) bond motifs is 1. The first kappa shape index (κ1) is 18.3. The van der Waals surface area contributed by atoms with Crippen LogP contribution in [0.25, 0.3) is 5.65 Å². The Hall–Kier alpha value is -3.08. The van der Waals surface area contributed by atoms with Gasteiger partial charge in [0.15, 0.2) is 5.65 Å². The molecule has 1 fully saturated rings. The van der Waals surface area contributed by atoms with Gasteiger partial charge in [-0.1, -0.05) is 5.92 Å². The van der Waals surface area contributed by atoms with E-state index in [2.05, 4.69) is 26.8 Å². The zero-order valence-electron chi connectivity index (χ0n) is 15.7. The van der Waals surface area contributed by atoms with Gasteiger partial charge in [-0.3, -0.25) is 4.90 Å². The summed E-state index contributed by atoms with van der Waals surface area (Å²) >= 11 is 0. The molecular weight excluding hydrogens is 354 g/mol. The molecule has 7 heteroatoms. The molecule has 0 radical (unpaired) electrons. The third kappa shape index (κ3) is 4.60. The van der Waals surface area contributed by atoms with Gasteiger partial charge in [-0.15, -0.1) is 5.10 Å². The van der Waals surface area contributed by atoms with Gasteiger partial charge in [0.05, 0.1) is 26.0 Å². The maximum absolute atomic E-state index is 5.83. The standard InChI is InChI=1S/C21H23N5O2/c22-18-5-2-17(3-6-18)4-7-19-16-23-20-8-9-21(24-26(19)20)28-13-1-10-25-11-14-27-15-12-25/h2-3,5-6,8-9,16H,1,10-15,22H2. The van der Waals surface area contributed by atoms with E-state index in [1.807, 2.05) is 36.4 Å². The fraction of sp³-hybridized carbons (Fsp3) is 0.333. The SMILES string of the molecule is Nc1ccc(C#Cc2cnc3ccc(OCCCN4CCOCC4)nn23)cc1. The highest BCUT2D eigenvalue weighted by Gasteiger charge is 2.10. The number of nitrogen functional groups attached to an aromatic ring is 1. The molecule has 0 unspecified atom stereocenters. The number of nitrogens with two attached hydrogens (primary N) is 1. The minimum Gasteiger partial charge on any atom is -0.477 e. The van der Waals surface area contributed by atoms with E-state index in [1.54, 1.807) is 10.7 Å². The van der Waals surface area contributed by atoms with Crippen LogP contribution in [0.4, 0.5) is 5.69 Å². The monoisotopic (exact) mass is 377 g/mol. The Kier molecular flexibility index (Phi) is 5.71. The summed E-state index contributed by atoms with van der Waals surface area (Å²) in [6, 6.07) is 11.2. The smallest absolute Gasteiger partial charge is 0.231 e. The van der Waals surface area contributed by atoms with Crippen LogP contribution in [0.3, 0.4) is 0 Å². The third-order valence-corrected chi connectivity index (χ3v) is 4.56. The highest BCUT2D eigenvalue weighted by Crippen LogP contribution is 2.11. The molecule has 1 aliphatic heterocycles. The normalized spacial score (nSPS) is 14.6. The molecule has 1 aliphatic rings. The zero-order chi connectivity index (χ0) is 19.2. The quantitative estimate of drug-likeness (QED) is 0.415. The molecule has 0 aliphatic carbocycles. The van der Waals surface area contributed by atoms with E-state index in [4.69, 9.17) is 15.2 Å². The lowest BCUT2D eigenvalue weighted by molar-refractivity contribution is 0.0357. The molecular formula is C21H23N5O2. The van der Waals surface area contributed by atoms with Crippen LogP contribution in [0.2, 0.25) is 0 Å². The van der Waals surface area contributed by atoms with Crippen molar-refractivity contribution in [1.82, 2.24) is 19.5 Å². The van der Waals surface area contributed by atoms with Gasteiger partial charge in [-0.25, -0.2) is 9.50 Å². The zero-order valence-corrected chi connectivity index (χ0v) is 15.7. The molecule has 3 heterocycles. The summed E-state index contributed by atoms with van der Waals surface area (Å²) in [6.45, 7) is 5.26. The van der Waals surface area contributed by atoms with Crippen molar-refractivity contribution in [3.63, 3.8) is 0 Å². The molecule has 0 bridgehead atoms. The molecule has 7 nitrogen and oxygen atoms in total. The van der Waals surface area contributed by atoms with Crippen LogP contribution in [0.5, 0.6) is 5.88 Å². The van der Waals surface area contributed by atoms with Gasteiger partial charge in [-0.05, 0) is 42.7 Å². The second-order valence-electron chi connectivity index (χ2n) is 6.61. The number of aromatic nitrogens is 3. The second-order valence-corrected chi connectivity index (χ2v) is 6.61. The van der Waals surface area contributed by atoms with Gasteiger partial charge < -0.3 is 15.2 Å². The highest BCUT2D eigenvalue weighted by atomic mass is 16.5. The van der Waals surface area contributed by atoms with Gasteiger partial charge in [0.25, 0.3) is 0 Å². The lowest BCUT2D eigenvalue weighted by atomic mass is 10.2. The van der Waals surface area contributed by atoms with E-state index in [-0.39, 0.29) is 0 Å². The van der Waals surface area contributed by atoms with Crippen LogP contribution in [-0.4, -0.2) is 59.0 Å². The lowest BCUT2D eigenvalue weighted by Gasteiger charge is -2.26. The van der Waals surface area contributed by atoms with Gasteiger partial charge in [0, 0.05) is 37.0 Å². The first-order chi connectivity index (χ1) is 13.8. The number of hydrogen-bond donors (Lipinski definition) is 1. The molecule has 4 rings (SSSR count). The summed E-state index contributed by atoms with van der Waals surface area (Å²) < 4.78 is 12.9. The summed E-state index contributed by atoms with van der Waals surface area (Å²) in [5.74, 6) is 6.80. The van der Waals surface area contributed by atoms with E-state index in [0.717, 1.165) is 56.2 Å². The number of rotatable bonds is 5. The second kappa shape index (κ2) is 8.74. The summed E-state index contributed by atoms with van der Waals surface area (Å²) in [5.41, 5.74) is 8.77. The molecule has 1 aromatic carbocycles. The molecule has 0 amide bonds. The van der Waals surface area contributed by atoms with Crippen LogP contribution >= 0.6 is 0 Å². The van der Waals surface area contributed by atoms with E-state index >= 15 is 0 Å². The number of benzene rings is 1. The lowest BCUT2D eigenvalue weighted by Crippen LogP contribution is -2.37. The van der Waals surface area contributed by atoms with E-state index in [9.17, 15) is 0 Å². The Bertz CT molecular complexity index is 981. The summed E-state index contributed by atoms with van der Waals surface area (Å²) in [7, 11) is 0. The van der Waals surface area contributed by atoms with Crippen molar-refractivity contribution in [2.75, 3.05) is 45.2 Å². The Labute approximate surface area is 164 Å². The molecule has 144 valence electrons. The fourth-order valence-corrected chi connectivity index (χ4v) is 3.01. The maximum atomic E-state index is 5.83. The van der Waals surface area contributed by atoms with Crippen molar-refractivity contribution in [2.24, 2.45) is 0 Å². The minimum absolute atomic E-state index is 0.572. The van der Waals surface area contributed by atoms with E-state index in [0.29, 0.717) is 18.2 Å². The number of nitrogens with zero attached hydrogens (tertiary/aromatic N) is 4. The van der Waals surface area contributed by atoms with Crippen molar-refractivity contribution < 1.29 is 9.47 Å². The third-order valence-electron chi connectivity index (χ3n) is 4.56. The molecule has 2 N–H and O–H groups in total. The first-order valence-corrected chi connectivity index (χ1v) is 9.43. The molecule has 28 heavy (non-hydrogen) atoms. The molecule has 3 aromatic rings. The largest absolute Gasteiger partial charge is 0.477 e. The van der Waals surface area contributed by atoms with Crippen molar-refractivity contribution in [2.45, 2.75) is 6.42 Å². The molecule has 0 saturated carbocycles. The molecule has 0 spiro atoms. The van der Waals surface area contributed by atoms with E-state index in [1.165, 1.54) is 0 Å². The van der Waals surface area contributed by atoms with Crippen LogP contribution in [0.1, 0.15) is 17.7 Å². The summed E-state index contributed by atoms with van der Waals surface area (Å²) in [6.07, 6.45) is 2.67. The van der Waals surface area contributed by atoms with Crippen molar-refractivity contribution in [3.8, 4) is 17.7 Å². The molecule has 1 saturated heterocycles. The average Bonchev–Trinajstić information content (AvgIpc) is 3.14. The molecule has 0 atom stereocenters. The Morgan fingerprint density at radius 1 is 1.07 bits per heavy atom. The van der Waals surface area contributed by atoms with Crippen LogP contribution in [-0.2, 0) is 4.74 Å². The predicted octanol–water partition coefficient (Wildman–Crippen LogP) is 1.81. The van der Waals surface area contributed by atoms with Gasteiger partial charge in [0.2, 0.25) is 5.88 Å². The summed E-state index contributed by atoms with van der Waals surface area (Å²) in [4.78, 5) is 6.74. The Balaban J connectivity index is 1.39.